The highest BCUT2D eigenvalue weighted by Gasteiger charge is 2.25. The van der Waals surface area contributed by atoms with Crippen LogP contribution in [0.4, 0.5) is 8.78 Å². The van der Waals surface area contributed by atoms with Crippen LogP contribution in [0.5, 0.6) is 0 Å². The van der Waals surface area contributed by atoms with Crippen molar-refractivity contribution in [2.75, 3.05) is 6.54 Å². The minimum absolute atomic E-state index is 0.252. The zero-order valence-corrected chi connectivity index (χ0v) is 16.7. The minimum Gasteiger partial charge on any atom is -0.391 e. The molecule has 2 atom stereocenters. The quantitative estimate of drug-likeness (QED) is 0.247. The molecule has 0 bridgehead atoms. The van der Waals surface area contributed by atoms with Crippen molar-refractivity contribution < 1.29 is 28.7 Å². The molecule has 9 heteroatoms. The molecule has 0 aliphatic rings. The van der Waals surface area contributed by atoms with E-state index in [1.54, 1.807) is 36.4 Å². The second-order valence-electron chi connectivity index (χ2n) is 6.71. The van der Waals surface area contributed by atoms with Gasteiger partial charge in [-0.2, -0.15) is 0 Å². The molecule has 0 aliphatic carbocycles. The van der Waals surface area contributed by atoms with Crippen molar-refractivity contribution in [3.63, 3.8) is 0 Å². The fourth-order valence-electron chi connectivity index (χ4n) is 2.58. The van der Waals surface area contributed by atoms with Crippen LogP contribution in [0.1, 0.15) is 34.0 Å². The van der Waals surface area contributed by atoms with Crippen molar-refractivity contribution >= 4 is 11.8 Å². The van der Waals surface area contributed by atoms with E-state index in [4.69, 9.17) is 5.21 Å². The van der Waals surface area contributed by atoms with Gasteiger partial charge in [0.1, 0.15) is 6.04 Å². The van der Waals surface area contributed by atoms with E-state index in [0.29, 0.717) is 12.1 Å². The van der Waals surface area contributed by atoms with E-state index in [-0.39, 0.29) is 12.1 Å². The molecule has 2 unspecified atom stereocenters. The summed E-state index contributed by atoms with van der Waals surface area (Å²) in [5.41, 5.74) is 3.91. The highest BCUT2D eigenvalue weighted by Crippen LogP contribution is 2.07. The lowest BCUT2D eigenvalue weighted by molar-refractivity contribution is -0.133. The first-order valence-corrected chi connectivity index (χ1v) is 9.43. The molecule has 0 aromatic heterocycles. The fraction of sp³-hybridized carbons (Fsp3) is 0.273. The summed E-state index contributed by atoms with van der Waals surface area (Å²) in [7, 11) is 0. The molecule has 0 radical (unpaired) electrons. The normalized spacial score (nSPS) is 12.5. The number of carbonyl (C=O) groups excluding carboxylic acids is 2. The molecule has 0 heterocycles. The van der Waals surface area contributed by atoms with Gasteiger partial charge >= 0.3 is 0 Å². The molecule has 0 spiro atoms. The van der Waals surface area contributed by atoms with Gasteiger partial charge in [0.05, 0.1) is 12.6 Å². The molecule has 2 rings (SSSR count). The molecule has 2 amide bonds. The number of hydrogen-bond donors (Lipinski definition) is 5. The Morgan fingerprint density at radius 2 is 1.55 bits per heavy atom. The molecular weight excluding hydrogens is 408 g/mol. The number of hydrogen-bond acceptors (Lipinski definition) is 5. The Morgan fingerprint density at radius 3 is 2.03 bits per heavy atom. The van der Waals surface area contributed by atoms with Crippen LogP contribution in [-0.4, -0.2) is 47.2 Å². The van der Waals surface area contributed by atoms with Crippen LogP contribution >= 0.6 is 0 Å². The van der Waals surface area contributed by atoms with Gasteiger partial charge in [-0.15, -0.1) is 0 Å². The number of alkyl halides is 2. The molecular formula is C22H23F2N3O4. The minimum atomic E-state index is -2.39. The van der Waals surface area contributed by atoms with E-state index in [9.17, 15) is 23.5 Å². The van der Waals surface area contributed by atoms with Gasteiger partial charge in [0, 0.05) is 23.2 Å². The fourth-order valence-corrected chi connectivity index (χ4v) is 2.58. The predicted molar refractivity (Wildman–Crippen MR) is 109 cm³/mol. The molecule has 2 aromatic carbocycles. The summed E-state index contributed by atoms with van der Waals surface area (Å²) in [5, 5.41) is 23.3. The Kier molecular flexibility index (Phi) is 9.09. The van der Waals surface area contributed by atoms with Crippen molar-refractivity contribution in [1.29, 1.82) is 0 Å². The number of benzene rings is 2. The Hall–Kier alpha value is -3.32. The highest BCUT2D eigenvalue weighted by molar-refractivity contribution is 5.97. The first-order valence-electron chi connectivity index (χ1n) is 9.43. The second-order valence-corrected chi connectivity index (χ2v) is 6.71. The van der Waals surface area contributed by atoms with Crippen LogP contribution in [-0.2, 0) is 11.3 Å². The average Bonchev–Trinajstić information content (AvgIpc) is 2.76. The molecule has 5 N–H and O–H groups in total. The van der Waals surface area contributed by atoms with Crippen molar-refractivity contribution in [3.8, 4) is 11.8 Å². The zero-order chi connectivity index (χ0) is 22.8. The SMILES string of the molecule is CC(O)C(NC(=O)c1ccc(C#Cc2ccc(CNCC(F)F)cc2)cc1)C(=O)NO. The summed E-state index contributed by atoms with van der Waals surface area (Å²) in [6.45, 7) is 1.30. The summed E-state index contributed by atoms with van der Waals surface area (Å²) in [6, 6.07) is 12.2. The van der Waals surface area contributed by atoms with Crippen molar-refractivity contribution in [2.24, 2.45) is 0 Å². The van der Waals surface area contributed by atoms with E-state index >= 15 is 0 Å². The van der Waals surface area contributed by atoms with Crippen molar-refractivity contribution in [1.82, 2.24) is 16.1 Å². The third kappa shape index (κ3) is 7.79. The van der Waals surface area contributed by atoms with Crippen molar-refractivity contribution in [3.05, 3.63) is 70.8 Å². The molecule has 164 valence electrons. The summed E-state index contributed by atoms with van der Waals surface area (Å²) < 4.78 is 24.3. The van der Waals surface area contributed by atoms with Crippen LogP contribution in [0, 0.1) is 11.8 Å². The highest BCUT2D eigenvalue weighted by atomic mass is 19.3. The lowest BCUT2D eigenvalue weighted by Gasteiger charge is -2.19. The molecule has 0 fully saturated rings. The average molecular weight is 431 g/mol. The van der Waals surface area contributed by atoms with E-state index in [1.807, 2.05) is 0 Å². The molecule has 0 aliphatic heterocycles. The maximum Gasteiger partial charge on any atom is 0.268 e. The number of nitrogens with one attached hydrogen (secondary N) is 3. The van der Waals surface area contributed by atoms with E-state index in [2.05, 4.69) is 22.5 Å². The summed E-state index contributed by atoms with van der Waals surface area (Å²) in [6.07, 6.45) is -3.59. The van der Waals surface area contributed by atoms with Gasteiger partial charge in [0.2, 0.25) is 0 Å². The van der Waals surface area contributed by atoms with Gasteiger partial charge in [-0.3, -0.25) is 14.8 Å². The number of aliphatic hydroxyl groups is 1. The van der Waals surface area contributed by atoms with E-state index < -0.39 is 30.4 Å². The van der Waals surface area contributed by atoms with Gasteiger partial charge in [-0.1, -0.05) is 24.0 Å². The maximum absolute atomic E-state index is 12.2. The van der Waals surface area contributed by atoms with Gasteiger partial charge < -0.3 is 15.7 Å². The first kappa shape index (κ1) is 24.0. The Bertz CT molecular complexity index is 936. The molecule has 7 nitrogen and oxygen atoms in total. The number of hydroxylamine groups is 1. The van der Waals surface area contributed by atoms with Gasteiger partial charge in [0.15, 0.2) is 0 Å². The van der Waals surface area contributed by atoms with Gasteiger partial charge in [-0.05, 0) is 48.9 Å². The third-order valence-corrected chi connectivity index (χ3v) is 4.24. The summed E-state index contributed by atoms with van der Waals surface area (Å²) in [4.78, 5) is 23.8. The van der Waals surface area contributed by atoms with Crippen LogP contribution in [0.15, 0.2) is 48.5 Å². The second kappa shape index (κ2) is 11.8. The lowest BCUT2D eigenvalue weighted by Crippen LogP contribution is -2.51. The smallest absolute Gasteiger partial charge is 0.268 e. The Labute approximate surface area is 178 Å². The zero-order valence-electron chi connectivity index (χ0n) is 16.7. The van der Waals surface area contributed by atoms with E-state index in [1.165, 1.54) is 24.5 Å². The Balaban J connectivity index is 1.97. The number of carbonyl (C=O) groups is 2. The standard InChI is InChI=1S/C22H23F2N3O4/c1-14(28)20(22(30)27-31)26-21(29)18-10-8-16(9-11-18)3-2-15-4-6-17(7-5-15)12-25-13-19(23)24/h4-11,14,19-20,25,28,31H,12-13H2,1H3,(H,26,29)(H,27,30). The van der Waals surface area contributed by atoms with Crippen LogP contribution < -0.4 is 16.1 Å². The molecule has 2 aromatic rings. The predicted octanol–water partition coefficient (Wildman–Crippen LogP) is 1.43. The number of aliphatic hydroxyl groups excluding tert-OH is 1. The summed E-state index contributed by atoms with van der Waals surface area (Å²) in [5.74, 6) is 4.41. The molecule has 31 heavy (non-hydrogen) atoms. The Morgan fingerprint density at radius 1 is 1.00 bits per heavy atom. The largest absolute Gasteiger partial charge is 0.391 e. The monoisotopic (exact) mass is 431 g/mol. The van der Waals surface area contributed by atoms with Crippen LogP contribution in [0.2, 0.25) is 0 Å². The number of rotatable bonds is 8. The van der Waals surface area contributed by atoms with Gasteiger partial charge in [0.25, 0.3) is 18.2 Å². The lowest BCUT2D eigenvalue weighted by atomic mass is 10.1. The number of halogens is 2. The summed E-state index contributed by atoms with van der Waals surface area (Å²) >= 11 is 0. The topological polar surface area (TPSA) is 111 Å². The van der Waals surface area contributed by atoms with Crippen LogP contribution in [0.25, 0.3) is 0 Å². The van der Waals surface area contributed by atoms with Gasteiger partial charge in [-0.25, -0.2) is 14.3 Å². The first-order chi connectivity index (χ1) is 14.8. The maximum atomic E-state index is 12.2. The van der Waals surface area contributed by atoms with E-state index in [0.717, 1.165) is 11.1 Å². The van der Waals surface area contributed by atoms with Crippen LogP contribution in [0.3, 0.4) is 0 Å². The molecule has 0 saturated heterocycles. The number of amides is 2. The molecule has 0 saturated carbocycles. The third-order valence-electron chi connectivity index (χ3n) is 4.24. The van der Waals surface area contributed by atoms with Crippen molar-refractivity contribution in [2.45, 2.75) is 32.0 Å².